The van der Waals surface area contributed by atoms with Gasteiger partial charge in [0.15, 0.2) is 11.5 Å². The third-order valence-electron chi connectivity index (χ3n) is 2.48. The summed E-state index contributed by atoms with van der Waals surface area (Å²) in [5, 5.41) is 33.6. The summed E-state index contributed by atoms with van der Waals surface area (Å²) in [6, 6.07) is 3.62. The number of phenols is 2. The van der Waals surface area contributed by atoms with Crippen LogP contribution in [0.4, 0.5) is 0 Å². The molecule has 0 bridgehead atoms. The van der Waals surface area contributed by atoms with E-state index in [2.05, 4.69) is 16.5 Å². The van der Waals surface area contributed by atoms with Crippen LogP contribution < -0.4 is 10.6 Å². The van der Waals surface area contributed by atoms with E-state index in [-0.39, 0.29) is 11.5 Å². The van der Waals surface area contributed by atoms with E-state index in [4.69, 9.17) is 5.26 Å². The van der Waals surface area contributed by atoms with Crippen LogP contribution in [0, 0.1) is 11.3 Å². The van der Waals surface area contributed by atoms with Crippen molar-refractivity contribution in [3.63, 3.8) is 0 Å². The molecule has 1 aliphatic rings. The minimum Gasteiger partial charge on any atom is -0.504 e. The van der Waals surface area contributed by atoms with Gasteiger partial charge in [-0.15, -0.1) is 10.9 Å². The molecule has 18 heavy (non-hydrogen) atoms. The van der Waals surface area contributed by atoms with Crippen LogP contribution in [-0.2, 0) is 4.79 Å². The van der Waals surface area contributed by atoms with E-state index < -0.39 is 17.5 Å². The fourth-order valence-electron chi connectivity index (χ4n) is 1.62. The van der Waals surface area contributed by atoms with E-state index in [0.717, 1.165) is 10.9 Å². The maximum absolute atomic E-state index is 11.7. The minimum absolute atomic E-state index is 0.0877. The first-order valence-electron chi connectivity index (χ1n) is 4.89. The van der Waals surface area contributed by atoms with Crippen molar-refractivity contribution in [1.29, 1.82) is 5.26 Å². The van der Waals surface area contributed by atoms with Gasteiger partial charge in [0.05, 0.1) is 5.56 Å². The van der Waals surface area contributed by atoms with Crippen LogP contribution in [-0.4, -0.2) is 27.1 Å². The Kier molecular flexibility index (Phi) is 3.06. The molecule has 0 saturated carbocycles. The van der Waals surface area contributed by atoms with Gasteiger partial charge in [-0.05, 0) is 23.6 Å². The second kappa shape index (κ2) is 4.52. The van der Waals surface area contributed by atoms with Gasteiger partial charge in [-0.1, -0.05) is 0 Å². The van der Waals surface area contributed by atoms with Crippen molar-refractivity contribution in [3.8, 4) is 17.6 Å². The molecule has 1 aliphatic heterocycles. The molecule has 1 unspecified atom stereocenters. The predicted octanol–water partition coefficient (Wildman–Crippen LogP) is -0.0174. The number of aromatic hydroxyl groups is 2. The molecule has 1 aromatic carbocycles. The normalized spacial score (nSPS) is 18.3. The number of phenolic OH excluding ortho intramolecular Hbond substituents is 2. The summed E-state index contributed by atoms with van der Waals surface area (Å²) < 4.78 is 0. The van der Waals surface area contributed by atoms with Crippen molar-refractivity contribution in [2.45, 2.75) is 6.04 Å². The number of rotatable bonds is 1. The van der Waals surface area contributed by atoms with E-state index in [1.54, 1.807) is 6.07 Å². The molecular weight excluding hydrogens is 254 g/mol. The van der Waals surface area contributed by atoms with Crippen LogP contribution in [0.1, 0.15) is 17.2 Å². The first-order valence-corrected chi connectivity index (χ1v) is 5.87. The van der Waals surface area contributed by atoms with Gasteiger partial charge in [-0.2, -0.15) is 5.26 Å². The average molecular weight is 263 g/mol. The van der Waals surface area contributed by atoms with Gasteiger partial charge in [0.1, 0.15) is 17.2 Å². The fourth-order valence-corrected chi connectivity index (χ4v) is 2.00. The number of hydrogen-bond acceptors (Lipinski definition) is 4. The lowest BCUT2D eigenvalue weighted by Gasteiger charge is -2.09. The van der Waals surface area contributed by atoms with Crippen LogP contribution in [0.3, 0.4) is 0 Å². The Morgan fingerprint density at radius 2 is 2.17 bits per heavy atom. The second-order valence-electron chi connectivity index (χ2n) is 3.59. The van der Waals surface area contributed by atoms with Crippen LogP contribution in [0.5, 0.6) is 11.5 Å². The van der Waals surface area contributed by atoms with Gasteiger partial charge < -0.3 is 15.5 Å². The maximum Gasteiger partial charge on any atom is 0.247 e. The Bertz CT molecular complexity index is 629. The highest BCUT2D eigenvalue weighted by Gasteiger charge is 2.30. The smallest absolute Gasteiger partial charge is 0.247 e. The first-order chi connectivity index (χ1) is 8.56. The SMILES string of the molecule is C=S=C1NC(=O)C(c2cc(O)c(O)c(C#N)c2)N1. The van der Waals surface area contributed by atoms with E-state index in [1.165, 1.54) is 12.1 Å². The highest BCUT2D eigenvalue weighted by atomic mass is 32.1. The van der Waals surface area contributed by atoms with Crippen molar-refractivity contribution in [3.05, 3.63) is 23.3 Å². The zero-order valence-electron chi connectivity index (χ0n) is 9.10. The number of hydrogen-bond donors (Lipinski definition) is 4. The van der Waals surface area contributed by atoms with Crippen molar-refractivity contribution in [1.82, 2.24) is 10.6 Å². The molecule has 1 amide bonds. The standard InChI is InChI=1S/C11H9N3O3S/c1-18-11-13-8(10(17)14-11)5-2-6(4-12)9(16)7(15)3-5/h2-3,8,13,15-16H,1H2,(H,14,17). The molecule has 1 fully saturated rings. The molecule has 0 spiro atoms. The Balaban J connectivity index is 2.47. The Hall–Kier alpha value is -2.30. The number of benzene rings is 1. The number of nitrogens with zero attached hydrogens (tertiary/aromatic N) is 1. The Morgan fingerprint density at radius 3 is 2.72 bits per heavy atom. The average Bonchev–Trinajstić information content (AvgIpc) is 2.74. The monoisotopic (exact) mass is 263 g/mol. The molecule has 1 atom stereocenters. The van der Waals surface area contributed by atoms with E-state index >= 15 is 0 Å². The zero-order valence-corrected chi connectivity index (χ0v) is 9.91. The molecule has 4 N–H and O–H groups in total. The van der Waals surface area contributed by atoms with Gasteiger partial charge in [0, 0.05) is 0 Å². The maximum atomic E-state index is 11.7. The quantitative estimate of drug-likeness (QED) is 0.421. The molecule has 1 saturated heterocycles. The minimum atomic E-state index is -0.715. The molecule has 0 aromatic heterocycles. The number of carbonyl (C=O) groups is 1. The van der Waals surface area contributed by atoms with E-state index in [0.29, 0.717) is 10.7 Å². The third kappa shape index (κ3) is 1.95. The molecule has 92 valence electrons. The molecular formula is C11H9N3O3S. The lowest BCUT2D eigenvalue weighted by molar-refractivity contribution is -0.120. The van der Waals surface area contributed by atoms with Crippen molar-refractivity contribution in [2.24, 2.45) is 0 Å². The molecule has 1 heterocycles. The zero-order chi connectivity index (χ0) is 13.3. The lowest BCUT2D eigenvalue weighted by atomic mass is 10.0. The Labute approximate surface area is 106 Å². The largest absolute Gasteiger partial charge is 0.504 e. The van der Waals surface area contributed by atoms with Gasteiger partial charge in [0.25, 0.3) is 0 Å². The molecule has 7 heteroatoms. The first kappa shape index (κ1) is 12.2. The van der Waals surface area contributed by atoms with Crippen LogP contribution >= 0.6 is 10.9 Å². The van der Waals surface area contributed by atoms with Crippen LogP contribution in [0.2, 0.25) is 0 Å². The summed E-state index contributed by atoms with van der Waals surface area (Å²) in [5.41, 5.74) is 0.304. The third-order valence-corrected chi connectivity index (χ3v) is 2.99. The second-order valence-corrected chi connectivity index (χ2v) is 4.28. The van der Waals surface area contributed by atoms with E-state index in [1.807, 2.05) is 0 Å². The van der Waals surface area contributed by atoms with Crippen LogP contribution in [0.15, 0.2) is 12.1 Å². The lowest BCUT2D eigenvalue weighted by Crippen LogP contribution is -2.22. The number of nitrogens with one attached hydrogen (secondary N) is 2. The topological polar surface area (TPSA) is 105 Å². The van der Waals surface area contributed by atoms with Crippen LogP contribution in [0.25, 0.3) is 0 Å². The number of carbonyl (C=O) groups excluding carboxylic acids is 1. The van der Waals surface area contributed by atoms with Crippen molar-refractivity contribution in [2.75, 3.05) is 0 Å². The van der Waals surface area contributed by atoms with Gasteiger partial charge in [-0.25, -0.2) is 5.32 Å². The Morgan fingerprint density at radius 1 is 1.44 bits per heavy atom. The summed E-state index contributed by atoms with van der Waals surface area (Å²) in [5.74, 6) is 2.32. The summed E-state index contributed by atoms with van der Waals surface area (Å²) in [6.45, 7) is 0. The summed E-state index contributed by atoms with van der Waals surface area (Å²) in [6.07, 6.45) is 0. The van der Waals surface area contributed by atoms with Gasteiger partial charge in [-0.3, -0.25) is 4.79 Å². The van der Waals surface area contributed by atoms with Gasteiger partial charge in [0.2, 0.25) is 5.91 Å². The molecule has 6 nitrogen and oxygen atoms in total. The highest BCUT2D eigenvalue weighted by Crippen LogP contribution is 2.32. The molecule has 2 rings (SSSR count). The van der Waals surface area contributed by atoms with Crippen molar-refractivity contribution >= 4 is 27.8 Å². The summed E-state index contributed by atoms with van der Waals surface area (Å²) in [7, 11) is 1.10. The summed E-state index contributed by atoms with van der Waals surface area (Å²) >= 11 is 0. The van der Waals surface area contributed by atoms with Gasteiger partial charge >= 0.3 is 0 Å². The molecule has 1 aromatic rings. The number of nitriles is 1. The fraction of sp³-hybridized carbons (Fsp3) is 0.0909. The highest BCUT2D eigenvalue weighted by molar-refractivity contribution is 7.96. The summed E-state index contributed by atoms with van der Waals surface area (Å²) in [4.78, 5) is 11.7. The predicted molar refractivity (Wildman–Crippen MR) is 68.2 cm³/mol. The molecule has 0 aliphatic carbocycles. The number of amides is 1. The van der Waals surface area contributed by atoms with Crippen molar-refractivity contribution < 1.29 is 15.0 Å². The van der Waals surface area contributed by atoms with E-state index in [9.17, 15) is 15.0 Å². The molecule has 0 radical (unpaired) electrons.